The molecule has 0 saturated heterocycles. The molecule has 0 aromatic carbocycles. The number of alkyl halides is 2. The summed E-state index contributed by atoms with van der Waals surface area (Å²) < 4.78 is 25.9. The Hall–Kier alpha value is -1.98. The molecule has 9 heteroatoms. The summed E-state index contributed by atoms with van der Waals surface area (Å²) in [5.74, 6) is -3.68. The standard InChI is InChI=1S/C14H18F2N4O2.ClH/c1-8-10(9(2)20-13(22)11(8)5-17)3-4-12(21)19-7-14(15,16)6-18;/h3-4,6-7,18H2,1-2H3,(H,19,21)(H,20,22);1H. The molecule has 0 fully saturated rings. The molecule has 0 spiro atoms. The maximum atomic E-state index is 12.9. The number of halogens is 3. The zero-order valence-electron chi connectivity index (χ0n) is 12.8. The molecule has 1 rings (SSSR count). The van der Waals surface area contributed by atoms with Crippen molar-refractivity contribution < 1.29 is 13.6 Å². The molecule has 6 nitrogen and oxygen atoms in total. The van der Waals surface area contributed by atoms with E-state index in [2.05, 4.69) is 10.3 Å². The number of carbonyl (C=O) groups is 1. The monoisotopic (exact) mass is 348 g/mol. The Balaban J connectivity index is 0.00000484. The number of hydrogen-bond acceptors (Lipinski definition) is 4. The lowest BCUT2D eigenvalue weighted by Gasteiger charge is -2.15. The first-order chi connectivity index (χ1) is 10.2. The van der Waals surface area contributed by atoms with Crippen LogP contribution in [0.5, 0.6) is 0 Å². The summed E-state index contributed by atoms with van der Waals surface area (Å²) in [5, 5.41) is 11.1. The van der Waals surface area contributed by atoms with Crippen LogP contribution >= 0.6 is 12.4 Å². The first kappa shape index (κ1) is 21.0. The summed E-state index contributed by atoms with van der Waals surface area (Å²) in [6.07, 6.45) is 0.211. The number of rotatable bonds is 6. The minimum Gasteiger partial charge on any atom is -0.350 e. The number of aryl methyl sites for hydroxylation is 1. The van der Waals surface area contributed by atoms with Gasteiger partial charge in [0.25, 0.3) is 11.5 Å². The van der Waals surface area contributed by atoms with Crippen LogP contribution in [-0.4, -0.2) is 29.9 Å². The molecule has 1 heterocycles. The molecular formula is C14H19ClF2N4O2. The van der Waals surface area contributed by atoms with E-state index in [1.165, 1.54) is 0 Å². The van der Waals surface area contributed by atoms with Crippen molar-refractivity contribution in [3.05, 3.63) is 32.7 Å². The third-order valence-corrected chi connectivity index (χ3v) is 3.37. The third kappa shape index (κ3) is 5.62. The summed E-state index contributed by atoms with van der Waals surface area (Å²) in [6.45, 7) is 1.63. The van der Waals surface area contributed by atoms with Crippen molar-refractivity contribution >= 4 is 18.3 Å². The van der Waals surface area contributed by atoms with Gasteiger partial charge in [0.15, 0.2) is 0 Å². The first-order valence-corrected chi connectivity index (χ1v) is 6.69. The average molecular weight is 349 g/mol. The third-order valence-electron chi connectivity index (χ3n) is 3.37. The number of H-pyrrole nitrogens is 1. The second-order valence-electron chi connectivity index (χ2n) is 5.01. The largest absolute Gasteiger partial charge is 0.350 e. The van der Waals surface area contributed by atoms with Crippen molar-refractivity contribution in [3.63, 3.8) is 0 Å². The van der Waals surface area contributed by atoms with Crippen LogP contribution in [-0.2, 0) is 11.2 Å². The SMILES string of the molecule is Cc1[nH]c(=O)c(C#N)c(C)c1CCC(=O)NCC(F)(F)CN.Cl. The highest BCUT2D eigenvalue weighted by Gasteiger charge is 2.27. The number of pyridine rings is 1. The zero-order chi connectivity index (χ0) is 16.9. The molecule has 23 heavy (non-hydrogen) atoms. The Morgan fingerprint density at radius 3 is 2.57 bits per heavy atom. The van der Waals surface area contributed by atoms with Gasteiger partial charge in [-0.3, -0.25) is 9.59 Å². The van der Waals surface area contributed by atoms with Crippen LogP contribution in [0, 0.1) is 25.2 Å². The Bertz CT molecular complexity index is 668. The number of nitrogens with two attached hydrogens (primary N) is 1. The van der Waals surface area contributed by atoms with E-state index in [1.807, 2.05) is 6.07 Å². The van der Waals surface area contributed by atoms with Crippen molar-refractivity contribution in [1.29, 1.82) is 5.26 Å². The molecule has 128 valence electrons. The highest BCUT2D eigenvalue weighted by Crippen LogP contribution is 2.15. The number of aromatic nitrogens is 1. The number of nitrogens with one attached hydrogen (secondary N) is 2. The quantitative estimate of drug-likeness (QED) is 0.709. The van der Waals surface area contributed by atoms with Crippen LogP contribution in [0.3, 0.4) is 0 Å². The molecule has 1 amide bonds. The fraction of sp³-hybridized carbons (Fsp3) is 0.500. The fourth-order valence-electron chi connectivity index (χ4n) is 2.05. The van der Waals surface area contributed by atoms with Crippen molar-refractivity contribution in [2.45, 2.75) is 32.6 Å². The molecule has 0 aliphatic heterocycles. The van der Waals surface area contributed by atoms with Gasteiger partial charge in [0.1, 0.15) is 11.6 Å². The molecule has 1 aromatic heterocycles. The molecule has 0 radical (unpaired) electrons. The van der Waals surface area contributed by atoms with Crippen LogP contribution < -0.4 is 16.6 Å². The number of nitriles is 1. The summed E-state index contributed by atoms with van der Waals surface area (Å²) in [4.78, 5) is 25.7. The molecule has 0 unspecified atom stereocenters. The van der Waals surface area contributed by atoms with E-state index in [9.17, 15) is 18.4 Å². The lowest BCUT2D eigenvalue weighted by Crippen LogP contribution is -2.41. The molecule has 0 bridgehead atoms. The van der Waals surface area contributed by atoms with Gasteiger partial charge >= 0.3 is 0 Å². The summed E-state index contributed by atoms with van der Waals surface area (Å²) in [7, 11) is 0. The molecule has 0 aliphatic rings. The minimum atomic E-state index is -3.13. The Kier molecular flexibility index (Phi) is 7.86. The first-order valence-electron chi connectivity index (χ1n) is 6.69. The van der Waals surface area contributed by atoms with Gasteiger partial charge in [-0.05, 0) is 31.4 Å². The highest BCUT2D eigenvalue weighted by molar-refractivity contribution is 5.85. The predicted octanol–water partition coefficient (Wildman–Crippen LogP) is 0.928. The van der Waals surface area contributed by atoms with Crippen LogP contribution in [0.1, 0.15) is 28.8 Å². The Labute approximate surface area is 138 Å². The van der Waals surface area contributed by atoms with Gasteiger partial charge in [-0.15, -0.1) is 12.4 Å². The van der Waals surface area contributed by atoms with Crippen molar-refractivity contribution in [2.75, 3.05) is 13.1 Å². The topological polar surface area (TPSA) is 112 Å². The zero-order valence-corrected chi connectivity index (χ0v) is 13.7. The van der Waals surface area contributed by atoms with E-state index >= 15 is 0 Å². The van der Waals surface area contributed by atoms with E-state index in [1.54, 1.807) is 13.8 Å². The molecule has 0 saturated carbocycles. The number of carbonyl (C=O) groups excluding carboxylic acids is 1. The lowest BCUT2D eigenvalue weighted by molar-refractivity contribution is -0.122. The number of amides is 1. The smallest absolute Gasteiger partial charge is 0.277 e. The second kappa shape index (κ2) is 8.60. The van der Waals surface area contributed by atoms with Crippen LogP contribution in [0.15, 0.2) is 4.79 Å². The molecule has 1 aromatic rings. The van der Waals surface area contributed by atoms with Gasteiger partial charge in [-0.25, -0.2) is 8.78 Å². The maximum Gasteiger partial charge on any atom is 0.277 e. The van der Waals surface area contributed by atoms with E-state index in [0.717, 1.165) is 0 Å². The van der Waals surface area contributed by atoms with Gasteiger partial charge in [0.05, 0.1) is 13.1 Å². The van der Waals surface area contributed by atoms with Crippen LogP contribution in [0.2, 0.25) is 0 Å². The highest BCUT2D eigenvalue weighted by atomic mass is 35.5. The average Bonchev–Trinajstić information content (AvgIpc) is 2.45. The summed E-state index contributed by atoms with van der Waals surface area (Å²) >= 11 is 0. The van der Waals surface area contributed by atoms with Gasteiger partial charge in [0, 0.05) is 12.1 Å². The van der Waals surface area contributed by atoms with Gasteiger partial charge < -0.3 is 16.0 Å². The van der Waals surface area contributed by atoms with Crippen LogP contribution in [0.4, 0.5) is 8.78 Å². The van der Waals surface area contributed by atoms with E-state index in [-0.39, 0.29) is 30.8 Å². The summed E-state index contributed by atoms with van der Waals surface area (Å²) in [5.41, 5.74) is 6.12. The lowest BCUT2D eigenvalue weighted by atomic mass is 9.99. The van der Waals surface area contributed by atoms with Gasteiger partial charge in [-0.1, -0.05) is 0 Å². The number of hydrogen-bond donors (Lipinski definition) is 3. The normalized spacial score (nSPS) is 10.6. The van der Waals surface area contributed by atoms with Crippen molar-refractivity contribution in [2.24, 2.45) is 5.73 Å². The van der Waals surface area contributed by atoms with Gasteiger partial charge in [0.2, 0.25) is 5.91 Å². The van der Waals surface area contributed by atoms with Crippen LogP contribution in [0.25, 0.3) is 0 Å². The Morgan fingerprint density at radius 1 is 1.43 bits per heavy atom. The fourth-order valence-corrected chi connectivity index (χ4v) is 2.05. The predicted molar refractivity (Wildman–Crippen MR) is 83.8 cm³/mol. The number of nitrogens with zero attached hydrogens (tertiary/aromatic N) is 1. The maximum absolute atomic E-state index is 12.9. The summed E-state index contributed by atoms with van der Waals surface area (Å²) in [6, 6.07) is 1.81. The van der Waals surface area contributed by atoms with Gasteiger partial charge in [-0.2, -0.15) is 5.26 Å². The second-order valence-corrected chi connectivity index (χ2v) is 5.01. The molecule has 0 aliphatic carbocycles. The molecular weight excluding hydrogens is 330 g/mol. The number of aromatic amines is 1. The Morgan fingerprint density at radius 2 is 2.04 bits per heavy atom. The van der Waals surface area contributed by atoms with E-state index in [0.29, 0.717) is 16.8 Å². The van der Waals surface area contributed by atoms with Crippen molar-refractivity contribution in [1.82, 2.24) is 10.3 Å². The van der Waals surface area contributed by atoms with Crippen molar-refractivity contribution in [3.8, 4) is 6.07 Å². The molecule has 0 atom stereocenters. The van der Waals surface area contributed by atoms with E-state index < -0.39 is 30.5 Å². The molecule has 4 N–H and O–H groups in total. The minimum absolute atomic E-state index is 0. The van der Waals surface area contributed by atoms with E-state index in [4.69, 9.17) is 11.0 Å².